The Kier molecular flexibility index (Phi) is 1.30. The normalized spacial score (nSPS) is 9.75. The van der Waals surface area contributed by atoms with Crippen molar-refractivity contribution in [1.82, 2.24) is 15.5 Å². The van der Waals surface area contributed by atoms with E-state index in [9.17, 15) is 0 Å². The van der Waals surface area contributed by atoms with Gasteiger partial charge in [0.25, 0.3) is 0 Å². The Bertz CT molecular complexity index is 168. The first-order valence-corrected chi connectivity index (χ1v) is 2.45. The predicted molar refractivity (Wildman–Crippen MR) is 30.0 cm³/mol. The number of rotatable bonds is 1. The summed E-state index contributed by atoms with van der Waals surface area (Å²) in [4.78, 5) is 0. The summed E-state index contributed by atoms with van der Waals surface area (Å²) in [5, 5.41) is 3.88. The summed E-state index contributed by atoms with van der Waals surface area (Å²) in [6, 6.07) is 0. The molecule has 43 valence electrons. The van der Waals surface area contributed by atoms with Gasteiger partial charge in [0, 0.05) is 25.4 Å². The Morgan fingerprint density at radius 2 is 2.62 bits per heavy atom. The number of nitrogens with one attached hydrogen (secondary N) is 1. The maximum Gasteiger partial charge on any atom is 0.0535 e. The quantitative estimate of drug-likeness (QED) is 0.509. The van der Waals surface area contributed by atoms with Gasteiger partial charge in [0.15, 0.2) is 0 Å². The first-order chi connectivity index (χ1) is 3.83. The maximum atomic E-state index is 6.90. The molecule has 0 aliphatic rings. The second kappa shape index (κ2) is 1.96. The fraction of sp³-hybridized carbons (Fsp3) is 0.400. The van der Waals surface area contributed by atoms with Gasteiger partial charge in [-0.3, -0.25) is 10.4 Å². The Morgan fingerprint density at radius 1 is 1.88 bits per heavy atom. The van der Waals surface area contributed by atoms with Gasteiger partial charge in [0.2, 0.25) is 0 Å². The molecule has 0 amide bonds. The zero-order chi connectivity index (χ0) is 5.98. The fourth-order valence-corrected chi connectivity index (χ4v) is 0.563. The van der Waals surface area contributed by atoms with Crippen LogP contribution < -0.4 is 5.73 Å². The lowest BCUT2D eigenvalue weighted by molar-refractivity contribution is 0.766. The maximum absolute atomic E-state index is 6.90. The number of hydrogen-bond donors (Lipinski definition) is 0. The highest BCUT2D eigenvalue weighted by Crippen LogP contribution is 1.92. The van der Waals surface area contributed by atoms with Crippen molar-refractivity contribution in [3.05, 3.63) is 18.0 Å². The molecule has 1 aromatic heterocycles. The molecule has 1 aromatic rings. The zero-order valence-electron chi connectivity index (χ0n) is 4.76. The van der Waals surface area contributed by atoms with Gasteiger partial charge >= 0.3 is 0 Å². The first kappa shape index (κ1) is 5.31. The van der Waals surface area contributed by atoms with Gasteiger partial charge in [0.05, 0.1) is 6.20 Å². The first-order valence-electron chi connectivity index (χ1n) is 2.45. The van der Waals surface area contributed by atoms with Crippen molar-refractivity contribution in [2.75, 3.05) is 0 Å². The molecule has 3 nitrogen and oxygen atoms in total. The Morgan fingerprint density at radius 3 is 2.88 bits per heavy atom. The summed E-state index contributed by atoms with van der Waals surface area (Å²) in [6.07, 6.45) is 3.54. The van der Waals surface area contributed by atoms with Gasteiger partial charge in [-0.15, -0.1) is 0 Å². The highest BCUT2D eigenvalue weighted by Gasteiger charge is 1.88. The molecular formula is C5H8N3. The largest absolute Gasteiger partial charge is 0.275 e. The SMILES string of the molecule is Cn1cc(C[NH])cn1. The van der Waals surface area contributed by atoms with E-state index in [4.69, 9.17) is 5.73 Å². The summed E-state index contributed by atoms with van der Waals surface area (Å²) in [6.45, 7) is 0.327. The number of aryl methyl sites for hydroxylation is 1. The van der Waals surface area contributed by atoms with E-state index in [1.54, 1.807) is 10.9 Å². The number of hydrogen-bond acceptors (Lipinski definition) is 1. The molecule has 0 saturated heterocycles. The van der Waals surface area contributed by atoms with E-state index >= 15 is 0 Å². The molecule has 0 unspecified atom stereocenters. The average molecular weight is 110 g/mol. The van der Waals surface area contributed by atoms with E-state index in [2.05, 4.69) is 5.10 Å². The second-order valence-corrected chi connectivity index (χ2v) is 1.70. The molecule has 0 spiro atoms. The molecule has 0 fully saturated rings. The summed E-state index contributed by atoms with van der Waals surface area (Å²) in [5.41, 5.74) is 7.87. The van der Waals surface area contributed by atoms with E-state index in [-0.39, 0.29) is 0 Å². The lowest BCUT2D eigenvalue weighted by Crippen LogP contribution is -1.84. The third-order valence-electron chi connectivity index (χ3n) is 0.962. The van der Waals surface area contributed by atoms with E-state index in [1.807, 2.05) is 13.2 Å². The van der Waals surface area contributed by atoms with Crippen LogP contribution in [0.1, 0.15) is 5.56 Å². The monoisotopic (exact) mass is 110 g/mol. The summed E-state index contributed by atoms with van der Waals surface area (Å²) >= 11 is 0. The van der Waals surface area contributed by atoms with E-state index in [0.29, 0.717) is 6.54 Å². The van der Waals surface area contributed by atoms with Crippen LogP contribution in [-0.4, -0.2) is 9.78 Å². The van der Waals surface area contributed by atoms with Crippen molar-refractivity contribution in [2.24, 2.45) is 7.05 Å². The Balaban J connectivity index is 2.84. The minimum absolute atomic E-state index is 0.327. The lowest BCUT2D eigenvalue weighted by Gasteiger charge is -1.81. The van der Waals surface area contributed by atoms with E-state index in [1.165, 1.54) is 0 Å². The highest BCUT2D eigenvalue weighted by atomic mass is 15.2. The Hall–Kier alpha value is -0.830. The predicted octanol–water partition coefficient (Wildman–Crippen LogP) is 0.203. The van der Waals surface area contributed by atoms with Gasteiger partial charge in [-0.25, -0.2) is 0 Å². The topological polar surface area (TPSA) is 41.6 Å². The van der Waals surface area contributed by atoms with E-state index < -0.39 is 0 Å². The summed E-state index contributed by atoms with van der Waals surface area (Å²) in [5.74, 6) is 0. The third-order valence-corrected chi connectivity index (χ3v) is 0.962. The lowest BCUT2D eigenvalue weighted by atomic mass is 10.4. The molecule has 0 aromatic carbocycles. The van der Waals surface area contributed by atoms with Gasteiger partial charge < -0.3 is 0 Å². The van der Waals surface area contributed by atoms with Crippen LogP contribution in [0.5, 0.6) is 0 Å². The molecule has 0 saturated carbocycles. The average Bonchev–Trinajstić information content (AvgIpc) is 2.14. The summed E-state index contributed by atoms with van der Waals surface area (Å²) in [7, 11) is 1.85. The molecule has 0 atom stereocenters. The van der Waals surface area contributed by atoms with Crippen molar-refractivity contribution in [3.8, 4) is 0 Å². The van der Waals surface area contributed by atoms with Crippen LogP contribution in [0, 0.1) is 0 Å². The molecule has 1 heterocycles. The molecule has 1 rings (SSSR count). The van der Waals surface area contributed by atoms with Gasteiger partial charge in [0.1, 0.15) is 0 Å². The molecule has 3 heteroatoms. The zero-order valence-corrected chi connectivity index (χ0v) is 4.76. The molecule has 1 N–H and O–H groups in total. The number of nitrogens with zero attached hydrogens (tertiary/aromatic N) is 2. The molecule has 0 aliphatic carbocycles. The van der Waals surface area contributed by atoms with Crippen LogP contribution in [0.15, 0.2) is 12.4 Å². The van der Waals surface area contributed by atoms with Gasteiger partial charge in [-0.2, -0.15) is 5.10 Å². The van der Waals surface area contributed by atoms with Crippen molar-refractivity contribution in [2.45, 2.75) is 6.54 Å². The second-order valence-electron chi connectivity index (χ2n) is 1.70. The van der Waals surface area contributed by atoms with Crippen molar-refractivity contribution >= 4 is 0 Å². The minimum atomic E-state index is 0.327. The van der Waals surface area contributed by atoms with Crippen LogP contribution in [0.3, 0.4) is 0 Å². The van der Waals surface area contributed by atoms with Gasteiger partial charge in [-0.1, -0.05) is 0 Å². The van der Waals surface area contributed by atoms with Gasteiger partial charge in [-0.05, 0) is 0 Å². The van der Waals surface area contributed by atoms with Crippen molar-refractivity contribution in [1.29, 1.82) is 0 Å². The van der Waals surface area contributed by atoms with Crippen LogP contribution >= 0.6 is 0 Å². The fourth-order valence-electron chi connectivity index (χ4n) is 0.563. The molecule has 0 bridgehead atoms. The highest BCUT2D eigenvalue weighted by molar-refractivity contribution is 5.01. The molecular weight excluding hydrogens is 102 g/mol. The standard InChI is InChI=1S/C5H8N3/c1-8-4-5(2-6)3-7-8/h3-4,6H,2H2,1H3. The smallest absolute Gasteiger partial charge is 0.0535 e. The van der Waals surface area contributed by atoms with Crippen LogP contribution in [0.4, 0.5) is 0 Å². The number of aromatic nitrogens is 2. The molecule has 1 radical (unpaired) electrons. The van der Waals surface area contributed by atoms with Crippen LogP contribution in [-0.2, 0) is 13.6 Å². The Labute approximate surface area is 48.1 Å². The van der Waals surface area contributed by atoms with Crippen LogP contribution in [0.2, 0.25) is 0 Å². The molecule has 8 heavy (non-hydrogen) atoms. The third kappa shape index (κ3) is 0.869. The minimum Gasteiger partial charge on any atom is -0.275 e. The van der Waals surface area contributed by atoms with Crippen molar-refractivity contribution in [3.63, 3.8) is 0 Å². The summed E-state index contributed by atoms with van der Waals surface area (Å²) < 4.78 is 1.70. The van der Waals surface area contributed by atoms with E-state index in [0.717, 1.165) is 5.56 Å². The van der Waals surface area contributed by atoms with Crippen LogP contribution in [0.25, 0.3) is 0 Å². The van der Waals surface area contributed by atoms with Crippen molar-refractivity contribution < 1.29 is 0 Å². The molecule has 0 aliphatic heterocycles.